The van der Waals surface area contributed by atoms with E-state index in [0.717, 1.165) is 16.8 Å². The van der Waals surface area contributed by atoms with Gasteiger partial charge in [-0.3, -0.25) is 14.4 Å². The van der Waals surface area contributed by atoms with Crippen LogP contribution in [-0.4, -0.2) is 27.5 Å². The Morgan fingerprint density at radius 2 is 1.65 bits per heavy atom. The number of amides is 3. The molecular formula is C26H23N5O3. The van der Waals surface area contributed by atoms with E-state index in [1.54, 1.807) is 59.5 Å². The summed E-state index contributed by atoms with van der Waals surface area (Å²) < 4.78 is 1.61. The van der Waals surface area contributed by atoms with Crippen LogP contribution in [0.15, 0.2) is 85.2 Å². The van der Waals surface area contributed by atoms with E-state index in [-0.39, 0.29) is 18.2 Å². The lowest BCUT2D eigenvalue weighted by Crippen LogP contribution is -2.14. The molecule has 4 aromatic rings. The van der Waals surface area contributed by atoms with Gasteiger partial charge in [0.25, 0.3) is 5.91 Å². The molecule has 8 nitrogen and oxygen atoms in total. The predicted octanol–water partition coefficient (Wildman–Crippen LogP) is 3.71. The van der Waals surface area contributed by atoms with Gasteiger partial charge in [0.15, 0.2) is 0 Å². The Kier molecular flexibility index (Phi) is 6.49. The van der Waals surface area contributed by atoms with Crippen molar-refractivity contribution in [3.63, 3.8) is 0 Å². The fourth-order valence-corrected chi connectivity index (χ4v) is 3.46. The summed E-state index contributed by atoms with van der Waals surface area (Å²) in [6, 6.07) is 21.1. The van der Waals surface area contributed by atoms with E-state index >= 15 is 0 Å². The smallest absolute Gasteiger partial charge is 0.255 e. The maximum atomic E-state index is 12.5. The van der Waals surface area contributed by atoms with Crippen LogP contribution in [0.4, 0.5) is 11.4 Å². The number of hydrogen-bond acceptors (Lipinski definition) is 4. The van der Waals surface area contributed by atoms with Gasteiger partial charge >= 0.3 is 0 Å². The van der Waals surface area contributed by atoms with Gasteiger partial charge in [0, 0.05) is 16.8 Å². The molecule has 34 heavy (non-hydrogen) atoms. The molecule has 0 saturated heterocycles. The number of nitrogens with one attached hydrogen (secondary N) is 2. The minimum Gasteiger partial charge on any atom is -0.366 e. The molecule has 0 aliphatic carbocycles. The van der Waals surface area contributed by atoms with Crippen LogP contribution >= 0.6 is 0 Å². The van der Waals surface area contributed by atoms with Crippen molar-refractivity contribution in [2.24, 2.45) is 5.73 Å². The molecule has 4 rings (SSSR count). The summed E-state index contributed by atoms with van der Waals surface area (Å²) in [5.41, 5.74) is 9.86. The topological polar surface area (TPSA) is 119 Å². The minimum atomic E-state index is -0.564. The highest BCUT2D eigenvalue weighted by molar-refractivity contribution is 6.05. The molecule has 0 fully saturated rings. The number of anilines is 2. The number of rotatable bonds is 7. The Hall–Kier alpha value is -4.72. The SMILES string of the molecule is Cc1cccc(CC(=O)Nc2cnn(-c3ccc(C(=O)Nc4cccc(C(N)=O)c4)cc3)c2)c1. The van der Waals surface area contributed by atoms with Gasteiger partial charge in [0.05, 0.1) is 30.2 Å². The third-order valence-electron chi connectivity index (χ3n) is 5.11. The van der Waals surface area contributed by atoms with Crippen molar-refractivity contribution in [3.8, 4) is 5.69 Å². The van der Waals surface area contributed by atoms with Gasteiger partial charge in [-0.05, 0) is 55.0 Å². The molecule has 3 aromatic carbocycles. The van der Waals surface area contributed by atoms with Gasteiger partial charge in [-0.15, -0.1) is 0 Å². The number of aryl methyl sites for hydroxylation is 1. The predicted molar refractivity (Wildman–Crippen MR) is 130 cm³/mol. The highest BCUT2D eigenvalue weighted by atomic mass is 16.2. The normalized spacial score (nSPS) is 10.5. The van der Waals surface area contributed by atoms with Crippen molar-refractivity contribution < 1.29 is 14.4 Å². The average Bonchev–Trinajstić information content (AvgIpc) is 3.27. The summed E-state index contributed by atoms with van der Waals surface area (Å²) in [6.07, 6.45) is 3.55. The van der Waals surface area contributed by atoms with E-state index in [0.29, 0.717) is 22.5 Å². The number of aromatic nitrogens is 2. The van der Waals surface area contributed by atoms with Crippen LogP contribution in [0.25, 0.3) is 5.69 Å². The van der Waals surface area contributed by atoms with Gasteiger partial charge in [-0.1, -0.05) is 35.9 Å². The molecule has 3 amide bonds. The number of carbonyl (C=O) groups excluding carboxylic acids is 3. The van der Waals surface area contributed by atoms with Crippen LogP contribution in [-0.2, 0) is 11.2 Å². The van der Waals surface area contributed by atoms with Crippen LogP contribution in [0.5, 0.6) is 0 Å². The maximum absolute atomic E-state index is 12.5. The summed E-state index contributed by atoms with van der Waals surface area (Å²) in [5, 5.41) is 9.88. The molecule has 8 heteroatoms. The van der Waals surface area contributed by atoms with Crippen molar-refractivity contribution in [3.05, 3.63) is 107 Å². The Bertz CT molecular complexity index is 1360. The van der Waals surface area contributed by atoms with Crippen LogP contribution in [0.3, 0.4) is 0 Å². The number of benzene rings is 3. The zero-order valence-corrected chi connectivity index (χ0v) is 18.5. The summed E-state index contributed by atoms with van der Waals surface area (Å²) >= 11 is 0. The molecule has 0 bridgehead atoms. The van der Waals surface area contributed by atoms with E-state index in [4.69, 9.17) is 5.73 Å². The van der Waals surface area contributed by atoms with Gasteiger partial charge in [-0.2, -0.15) is 5.10 Å². The van der Waals surface area contributed by atoms with E-state index in [9.17, 15) is 14.4 Å². The second kappa shape index (κ2) is 9.83. The highest BCUT2D eigenvalue weighted by Gasteiger charge is 2.10. The zero-order chi connectivity index (χ0) is 24.1. The van der Waals surface area contributed by atoms with Gasteiger partial charge < -0.3 is 16.4 Å². The van der Waals surface area contributed by atoms with Crippen LogP contribution in [0.1, 0.15) is 31.8 Å². The lowest BCUT2D eigenvalue weighted by atomic mass is 10.1. The van der Waals surface area contributed by atoms with Crippen LogP contribution in [0, 0.1) is 6.92 Å². The summed E-state index contributed by atoms with van der Waals surface area (Å²) in [5.74, 6) is -1.01. The molecule has 0 spiro atoms. The van der Waals surface area contributed by atoms with E-state index in [1.165, 1.54) is 6.07 Å². The molecule has 0 aliphatic rings. The largest absolute Gasteiger partial charge is 0.366 e. The molecule has 0 atom stereocenters. The number of primary amides is 1. The number of nitrogens with two attached hydrogens (primary N) is 1. The summed E-state index contributed by atoms with van der Waals surface area (Å²) in [6.45, 7) is 1.99. The molecule has 170 valence electrons. The second-order valence-corrected chi connectivity index (χ2v) is 7.83. The quantitative estimate of drug-likeness (QED) is 0.395. The fourth-order valence-electron chi connectivity index (χ4n) is 3.46. The van der Waals surface area contributed by atoms with Crippen molar-refractivity contribution in [2.75, 3.05) is 10.6 Å². The molecular weight excluding hydrogens is 430 g/mol. The summed E-state index contributed by atoms with van der Waals surface area (Å²) in [7, 11) is 0. The van der Waals surface area contributed by atoms with Gasteiger partial charge in [0.1, 0.15) is 0 Å². The third kappa shape index (κ3) is 5.55. The molecule has 0 saturated carbocycles. The second-order valence-electron chi connectivity index (χ2n) is 7.83. The van der Waals surface area contributed by atoms with Gasteiger partial charge in [-0.25, -0.2) is 4.68 Å². The minimum absolute atomic E-state index is 0.127. The van der Waals surface area contributed by atoms with E-state index < -0.39 is 5.91 Å². The summed E-state index contributed by atoms with van der Waals surface area (Å²) in [4.78, 5) is 36.2. The Morgan fingerprint density at radius 1 is 0.882 bits per heavy atom. The standard InChI is InChI=1S/C26H23N5O3/c1-17-4-2-5-18(12-17)13-24(32)29-22-15-28-31(16-22)23-10-8-19(9-11-23)26(34)30-21-7-3-6-20(14-21)25(27)33/h2-12,14-16H,13H2,1H3,(H2,27,33)(H,29,32)(H,30,34). The number of nitrogens with zero attached hydrogens (tertiary/aromatic N) is 2. The molecule has 0 aliphatic heterocycles. The van der Waals surface area contributed by atoms with Crippen molar-refractivity contribution >= 4 is 29.1 Å². The molecule has 0 radical (unpaired) electrons. The molecule has 4 N–H and O–H groups in total. The monoisotopic (exact) mass is 453 g/mol. The van der Waals surface area contributed by atoms with Gasteiger partial charge in [0.2, 0.25) is 11.8 Å². The first-order chi connectivity index (χ1) is 16.4. The maximum Gasteiger partial charge on any atom is 0.255 e. The Balaban J connectivity index is 1.38. The van der Waals surface area contributed by atoms with Crippen LogP contribution < -0.4 is 16.4 Å². The Labute approximate surface area is 196 Å². The van der Waals surface area contributed by atoms with E-state index in [1.807, 2.05) is 31.2 Å². The first kappa shape index (κ1) is 22.5. The fraction of sp³-hybridized carbons (Fsp3) is 0.0769. The lowest BCUT2D eigenvalue weighted by molar-refractivity contribution is -0.115. The number of carbonyl (C=O) groups is 3. The van der Waals surface area contributed by atoms with Crippen molar-refractivity contribution in [2.45, 2.75) is 13.3 Å². The van der Waals surface area contributed by atoms with Crippen molar-refractivity contribution in [1.82, 2.24) is 9.78 Å². The van der Waals surface area contributed by atoms with Crippen LogP contribution in [0.2, 0.25) is 0 Å². The zero-order valence-electron chi connectivity index (χ0n) is 18.5. The average molecular weight is 454 g/mol. The molecule has 0 unspecified atom stereocenters. The van der Waals surface area contributed by atoms with E-state index in [2.05, 4.69) is 15.7 Å². The third-order valence-corrected chi connectivity index (χ3v) is 5.11. The molecule has 1 heterocycles. The Morgan fingerprint density at radius 3 is 2.38 bits per heavy atom. The lowest BCUT2D eigenvalue weighted by Gasteiger charge is -2.07. The van der Waals surface area contributed by atoms with Crippen molar-refractivity contribution in [1.29, 1.82) is 0 Å². The highest BCUT2D eigenvalue weighted by Crippen LogP contribution is 2.16. The molecule has 1 aromatic heterocycles. The first-order valence-corrected chi connectivity index (χ1v) is 10.6. The number of hydrogen-bond donors (Lipinski definition) is 3. The first-order valence-electron chi connectivity index (χ1n) is 10.6.